The molecule has 0 unspecified atom stereocenters. The Morgan fingerprint density at radius 1 is 1.62 bits per heavy atom. The number of rotatable bonds is 4. The molecule has 0 saturated heterocycles. The summed E-state index contributed by atoms with van der Waals surface area (Å²) in [5.74, 6) is -0.224. The number of unbranched alkanes of at least 4 members (excludes halogenated alkanes) is 1. The highest BCUT2D eigenvalue weighted by molar-refractivity contribution is 5.75. The van der Waals surface area contributed by atoms with Crippen molar-refractivity contribution in [2.24, 2.45) is 0 Å². The molecule has 3 heteroatoms. The highest BCUT2D eigenvalue weighted by Crippen LogP contribution is 2.08. The van der Waals surface area contributed by atoms with E-state index in [1.807, 2.05) is 12.2 Å². The third kappa shape index (κ3) is 3.59. The van der Waals surface area contributed by atoms with Gasteiger partial charge in [-0.1, -0.05) is 25.5 Å². The fraction of sp³-hybridized carbons (Fsp3) is 0.700. The molecule has 0 saturated carbocycles. The van der Waals surface area contributed by atoms with Crippen LogP contribution in [-0.2, 0) is 14.3 Å². The van der Waals surface area contributed by atoms with Gasteiger partial charge in [0.1, 0.15) is 0 Å². The van der Waals surface area contributed by atoms with Gasteiger partial charge >= 0.3 is 5.97 Å². The van der Waals surface area contributed by atoms with E-state index in [4.69, 9.17) is 9.47 Å². The summed E-state index contributed by atoms with van der Waals surface area (Å²) in [6, 6.07) is 0. The first-order valence-corrected chi connectivity index (χ1v) is 4.78. The van der Waals surface area contributed by atoms with Crippen LogP contribution in [0.1, 0.15) is 26.2 Å². The fourth-order valence-electron chi connectivity index (χ4n) is 1.10. The van der Waals surface area contributed by atoms with Crippen molar-refractivity contribution in [2.75, 3.05) is 13.2 Å². The summed E-state index contributed by atoms with van der Waals surface area (Å²) in [5.41, 5.74) is 0. The highest BCUT2D eigenvalue weighted by atomic mass is 16.6. The smallest absolute Gasteiger partial charge is 0.335 e. The number of hydrogen-bond acceptors (Lipinski definition) is 3. The number of ether oxygens (including phenoxy) is 2. The molecule has 1 aliphatic heterocycles. The van der Waals surface area contributed by atoms with Gasteiger partial charge in [0.2, 0.25) is 0 Å². The normalized spacial score (nSPS) is 21.5. The van der Waals surface area contributed by atoms with E-state index in [0.29, 0.717) is 19.6 Å². The Hall–Kier alpha value is -0.830. The maximum absolute atomic E-state index is 11.3. The lowest BCUT2D eigenvalue weighted by atomic mass is 10.2. The molecule has 1 heterocycles. The molecule has 1 rings (SSSR count). The van der Waals surface area contributed by atoms with Gasteiger partial charge < -0.3 is 9.47 Å². The van der Waals surface area contributed by atoms with E-state index in [2.05, 4.69) is 6.92 Å². The van der Waals surface area contributed by atoms with Crippen molar-refractivity contribution in [3.05, 3.63) is 12.2 Å². The topological polar surface area (TPSA) is 35.5 Å². The molecular weight excluding hydrogens is 168 g/mol. The lowest BCUT2D eigenvalue weighted by molar-refractivity contribution is -0.156. The number of hydrogen-bond donors (Lipinski definition) is 0. The van der Waals surface area contributed by atoms with Crippen LogP contribution >= 0.6 is 0 Å². The Morgan fingerprint density at radius 2 is 2.46 bits per heavy atom. The largest absolute Gasteiger partial charge is 0.464 e. The molecule has 0 aromatic carbocycles. The zero-order valence-corrected chi connectivity index (χ0v) is 7.99. The summed E-state index contributed by atoms with van der Waals surface area (Å²) in [5, 5.41) is 0. The molecule has 0 aliphatic carbocycles. The summed E-state index contributed by atoms with van der Waals surface area (Å²) in [6.07, 6.45) is 6.10. The van der Waals surface area contributed by atoms with E-state index in [0.717, 1.165) is 12.8 Å². The highest BCUT2D eigenvalue weighted by Gasteiger charge is 2.20. The van der Waals surface area contributed by atoms with Crippen molar-refractivity contribution in [3.63, 3.8) is 0 Å². The van der Waals surface area contributed by atoms with Gasteiger partial charge in [0.25, 0.3) is 0 Å². The van der Waals surface area contributed by atoms with E-state index in [1.165, 1.54) is 0 Å². The monoisotopic (exact) mass is 184 g/mol. The molecule has 0 fully saturated rings. The minimum Gasteiger partial charge on any atom is -0.464 e. The minimum absolute atomic E-state index is 0.224. The first-order valence-electron chi connectivity index (χ1n) is 4.78. The van der Waals surface area contributed by atoms with Crippen LogP contribution in [0.5, 0.6) is 0 Å². The summed E-state index contributed by atoms with van der Waals surface area (Å²) in [6.45, 7) is 3.10. The standard InChI is InChI=1S/C10H16O3/c1-2-3-7-13-10(11)9-6-4-5-8-12-9/h4-5,9H,2-3,6-8H2,1H3/t9-/m0/s1. The van der Waals surface area contributed by atoms with Gasteiger partial charge in [-0.05, 0) is 6.42 Å². The molecule has 1 aliphatic rings. The Kier molecular flexibility index (Phi) is 4.54. The van der Waals surface area contributed by atoms with E-state index < -0.39 is 0 Å². The molecule has 0 aromatic rings. The maximum atomic E-state index is 11.3. The lowest BCUT2D eigenvalue weighted by Gasteiger charge is -2.17. The first-order chi connectivity index (χ1) is 6.34. The molecule has 0 amide bonds. The Labute approximate surface area is 78.7 Å². The van der Waals surface area contributed by atoms with E-state index in [1.54, 1.807) is 0 Å². The van der Waals surface area contributed by atoms with E-state index >= 15 is 0 Å². The van der Waals surface area contributed by atoms with Gasteiger partial charge in [-0.2, -0.15) is 0 Å². The minimum atomic E-state index is -0.373. The second kappa shape index (κ2) is 5.75. The number of esters is 1. The quantitative estimate of drug-likeness (QED) is 0.379. The van der Waals surface area contributed by atoms with Crippen LogP contribution in [0.3, 0.4) is 0 Å². The van der Waals surface area contributed by atoms with Crippen molar-refractivity contribution in [2.45, 2.75) is 32.3 Å². The van der Waals surface area contributed by atoms with Crippen LogP contribution < -0.4 is 0 Å². The molecule has 1 atom stereocenters. The number of carbonyl (C=O) groups excluding carboxylic acids is 1. The van der Waals surface area contributed by atoms with Gasteiger partial charge in [0.05, 0.1) is 13.2 Å². The molecule has 0 N–H and O–H groups in total. The van der Waals surface area contributed by atoms with Crippen molar-refractivity contribution in [1.29, 1.82) is 0 Å². The first kappa shape index (κ1) is 10.3. The van der Waals surface area contributed by atoms with Gasteiger partial charge in [0, 0.05) is 6.42 Å². The molecule has 3 nitrogen and oxygen atoms in total. The van der Waals surface area contributed by atoms with Gasteiger partial charge in [0.15, 0.2) is 6.10 Å². The summed E-state index contributed by atoms with van der Waals surface area (Å²) in [7, 11) is 0. The Morgan fingerprint density at radius 3 is 3.08 bits per heavy atom. The van der Waals surface area contributed by atoms with Crippen molar-refractivity contribution >= 4 is 5.97 Å². The predicted octanol–water partition coefficient (Wildman–Crippen LogP) is 1.67. The summed E-state index contributed by atoms with van der Waals surface area (Å²) >= 11 is 0. The van der Waals surface area contributed by atoms with Crippen molar-refractivity contribution in [1.82, 2.24) is 0 Å². The van der Waals surface area contributed by atoms with Crippen LogP contribution in [0, 0.1) is 0 Å². The van der Waals surface area contributed by atoms with Crippen molar-refractivity contribution < 1.29 is 14.3 Å². The van der Waals surface area contributed by atoms with Gasteiger partial charge in [-0.25, -0.2) is 4.79 Å². The molecule has 0 radical (unpaired) electrons. The van der Waals surface area contributed by atoms with Crippen molar-refractivity contribution in [3.8, 4) is 0 Å². The third-order valence-corrected chi connectivity index (χ3v) is 1.92. The SMILES string of the molecule is CCCCOC(=O)[C@@H]1CC=CCO1. The lowest BCUT2D eigenvalue weighted by Crippen LogP contribution is -2.28. The predicted molar refractivity (Wildman–Crippen MR) is 49.4 cm³/mol. The van der Waals surface area contributed by atoms with Crippen LogP contribution in [-0.4, -0.2) is 25.3 Å². The second-order valence-corrected chi connectivity index (χ2v) is 3.05. The molecule has 13 heavy (non-hydrogen) atoms. The van der Waals surface area contributed by atoms with Crippen LogP contribution in [0.2, 0.25) is 0 Å². The van der Waals surface area contributed by atoms with Gasteiger partial charge in [-0.3, -0.25) is 0 Å². The third-order valence-electron chi connectivity index (χ3n) is 1.92. The number of carbonyl (C=O) groups is 1. The maximum Gasteiger partial charge on any atom is 0.335 e. The van der Waals surface area contributed by atoms with E-state index in [9.17, 15) is 4.79 Å². The molecular formula is C10H16O3. The average Bonchev–Trinajstić information content (AvgIpc) is 2.19. The van der Waals surface area contributed by atoms with Crippen LogP contribution in [0.15, 0.2) is 12.2 Å². The summed E-state index contributed by atoms with van der Waals surface area (Å²) < 4.78 is 10.2. The Balaban J connectivity index is 2.18. The van der Waals surface area contributed by atoms with Crippen LogP contribution in [0.25, 0.3) is 0 Å². The molecule has 0 spiro atoms. The molecule has 0 aromatic heterocycles. The Bertz CT molecular complexity index is 187. The zero-order chi connectivity index (χ0) is 9.52. The fourth-order valence-corrected chi connectivity index (χ4v) is 1.10. The summed E-state index contributed by atoms with van der Waals surface area (Å²) in [4.78, 5) is 11.3. The van der Waals surface area contributed by atoms with E-state index in [-0.39, 0.29) is 12.1 Å². The van der Waals surface area contributed by atoms with Crippen LogP contribution in [0.4, 0.5) is 0 Å². The zero-order valence-electron chi connectivity index (χ0n) is 7.99. The van der Waals surface area contributed by atoms with Gasteiger partial charge in [-0.15, -0.1) is 0 Å². The average molecular weight is 184 g/mol. The molecule has 74 valence electrons. The molecule has 0 bridgehead atoms. The second-order valence-electron chi connectivity index (χ2n) is 3.05.